The molecule has 3 aromatic rings. The Morgan fingerprint density at radius 3 is 2.52 bits per heavy atom. The fourth-order valence-electron chi connectivity index (χ4n) is 2.47. The van der Waals surface area contributed by atoms with Crippen LogP contribution in [0.15, 0.2) is 51.7 Å². The van der Waals surface area contributed by atoms with Crippen LogP contribution in [0.1, 0.15) is 5.56 Å². The average Bonchev–Trinajstić information content (AvgIpc) is 2.74. The van der Waals surface area contributed by atoms with Crippen LogP contribution in [0.3, 0.4) is 0 Å². The van der Waals surface area contributed by atoms with Gasteiger partial charge in [0.15, 0.2) is 0 Å². The second-order valence-electron chi connectivity index (χ2n) is 4.87. The van der Waals surface area contributed by atoms with Gasteiger partial charge in [-0.05, 0) is 45.8 Å². The van der Waals surface area contributed by atoms with Crippen molar-refractivity contribution in [3.05, 3.63) is 62.9 Å². The van der Waals surface area contributed by atoms with Crippen molar-refractivity contribution in [1.82, 2.24) is 9.36 Å². The van der Waals surface area contributed by atoms with Crippen LogP contribution in [0.2, 0.25) is 0 Å². The minimum Gasteiger partial charge on any atom is -0.497 e. The Hall–Kier alpha value is -2.01. The van der Waals surface area contributed by atoms with Crippen molar-refractivity contribution in [3.8, 4) is 5.75 Å². The largest absolute Gasteiger partial charge is 0.497 e. The van der Waals surface area contributed by atoms with E-state index in [1.54, 1.807) is 18.8 Å². The first-order chi connectivity index (χ1) is 10.1. The molecule has 0 saturated heterocycles. The number of benzene rings is 2. The molecule has 0 aliphatic rings. The lowest BCUT2D eigenvalue weighted by atomic mass is 10.2. The molecule has 5 heteroatoms. The van der Waals surface area contributed by atoms with Crippen LogP contribution in [-0.2, 0) is 13.6 Å². The highest BCUT2D eigenvalue weighted by molar-refractivity contribution is 9.10. The molecule has 4 nitrogen and oxygen atoms in total. The van der Waals surface area contributed by atoms with Gasteiger partial charge in [0.1, 0.15) is 5.75 Å². The van der Waals surface area contributed by atoms with Crippen LogP contribution < -0.4 is 10.3 Å². The third kappa shape index (κ3) is 2.38. The van der Waals surface area contributed by atoms with Crippen molar-refractivity contribution in [2.24, 2.45) is 7.05 Å². The molecule has 0 unspecified atom stereocenters. The molecule has 0 atom stereocenters. The third-order valence-corrected chi connectivity index (χ3v) is 4.29. The molecule has 0 radical (unpaired) electrons. The van der Waals surface area contributed by atoms with Gasteiger partial charge in [0, 0.05) is 11.5 Å². The van der Waals surface area contributed by atoms with Crippen LogP contribution in [0.4, 0.5) is 0 Å². The zero-order valence-electron chi connectivity index (χ0n) is 11.8. The zero-order valence-corrected chi connectivity index (χ0v) is 13.4. The summed E-state index contributed by atoms with van der Waals surface area (Å²) in [6, 6.07) is 13.7. The average molecular weight is 347 g/mol. The molecule has 21 heavy (non-hydrogen) atoms. The van der Waals surface area contributed by atoms with E-state index in [0.717, 1.165) is 21.3 Å². The van der Waals surface area contributed by atoms with Crippen molar-refractivity contribution >= 4 is 26.8 Å². The van der Waals surface area contributed by atoms with E-state index >= 15 is 0 Å². The second-order valence-corrected chi connectivity index (χ2v) is 5.72. The van der Waals surface area contributed by atoms with Crippen molar-refractivity contribution in [3.63, 3.8) is 0 Å². The molecule has 0 aliphatic carbocycles. The standard InChI is InChI=1S/C16H15BrN2O2/c1-18-16(20)15-13(17)4-3-5-14(15)19(18)10-11-6-8-12(21-2)9-7-11/h3-9H,10H2,1-2H3. The van der Waals surface area contributed by atoms with Gasteiger partial charge in [-0.1, -0.05) is 18.2 Å². The summed E-state index contributed by atoms with van der Waals surface area (Å²) in [5.74, 6) is 0.827. The van der Waals surface area contributed by atoms with Gasteiger partial charge >= 0.3 is 0 Å². The maximum absolute atomic E-state index is 12.4. The normalized spacial score (nSPS) is 11.0. The Morgan fingerprint density at radius 2 is 1.86 bits per heavy atom. The number of halogens is 1. The number of methoxy groups -OCH3 is 1. The van der Waals surface area contributed by atoms with Gasteiger partial charge in [-0.3, -0.25) is 14.2 Å². The first-order valence-electron chi connectivity index (χ1n) is 6.59. The number of hydrogen-bond donors (Lipinski definition) is 0. The summed E-state index contributed by atoms with van der Waals surface area (Å²) in [6.07, 6.45) is 0. The molecular formula is C16H15BrN2O2. The van der Waals surface area contributed by atoms with Gasteiger partial charge in [-0.15, -0.1) is 0 Å². The molecule has 0 amide bonds. The maximum atomic E-state index is 12.4. The number of nitrogens with zero attached hydrogens (tertiary/aromatic N) is 2. The van der Waals surface area contributed by atoms with Crippen molar-refractivity contribution < 1.29 is 4.74 Å². The molecule has 1 aromatic heterocycles. The van der Waals surface area contributed by atoms with Gasteiger partial charge in [0.2, 0.25) is 0 Å². The lowest BCUT2D eigenvalue weighted by molar-refractivity contribution is 0.414. The van der Waals surface area contributed by atoms with E-state index in [-0.39, 0.29) is 5.56 Å². The van der Waals surface area contributed by atoms with Crippen LogP contribution in [0.25, 0.3) is 10.9 Å². The van der Waals surface area contributed by atoms with E-state index in [9.17, 15) is 4.79 Å². The topological polar surface area (TPSA) is 36.2 Å². The van der Waals surface area contributed by atoms with E-state index in [0.29, 0.717) is 11.9 Å². The van der Waals surface area contributed by atoms with Gasteiger partial charge in [-0.2, -0.15) is 0 Å². The lowest BCUT2D eigenvalue weighted by Crippen LogP contribution is -2.19. The number of ether oxygens (including phenoxy) is 1. The summed E-state index contributed by atoms with van der Waals surface area (Å²) in [7, 11) is 3.44. The smallest absolute Gasteiger partial charge is 0.275 e. The van der Waals surface area contributed by atoms with E-state index in [1.165, 1.54) is 0 Å². The first kappa shape index (κ1) is 13.9. The Bertz CT molecular complexity index is 847. The predicted molar refractivity (Wildman–Crippen MR) is 87.0 cm³/mol. The molecule has 1 heterocycles. The maximum Gasteiger partial charge on any atom is 0.275 e. The quantitative estimate of drug-likeness (QED) is 0.730. The minimum atomic E-state index is 0.00554. The van der Waals surface area contributed by atoms with Crippen LogP contribution in [0.5, 0.6) is 5.75 Å². The summed E-state index contributed by atoms with van der Waals surface area (Å²) in [5.41, 5.74) is 2.04. The molecule has 0 spiro atoms. The van der Waals surface area contributed by atoms with Gasteiger partial charge in [0.05, 0.1) is 24.6 Å². The highest BCUT2D eigenvalue weighted by atomic mass is 79.9. The molecule has 0 bridgehead atoms. The molecular weight excluding hydrogens is 332 g/mol. The number of rotatable bonds is 3. The van der Waals surface area contributed by atoms with E-state index in [4.69, 9.17) is 4.74 Å². The van der Waals surface area contributed by atoms with Crippen LogP contribution in [-0.4, -0.2) is 16.5 Å². The summed E-state index contributed by atoms with van der Waals surface area (Å²) < 4.78 is 9.62. The summed E-state index contributed by atoms with van der Waals surface area (Å²) in [5, 5.41) is 0.716. The second kappa shape index (κ2) is 5.41. The molecule has 0 aliphatic heterocycles. The lowest BCUT2D eigenvalue weighted by Gasteiger charge is -2.10. The van der Waals surface area contributed by atoms with Crippen molar-refractivity contribution in [1.29, 1.82) is 0 Å². The Kier molecular flexibility index (Phi) is 3.59. The van der Waals surface area contributed by atoms with Crippen LogP contribution in [0, 0.1) is 0 Å². The Balaban J connectivity index is 2.10. The van der Waals surface area contributed by atoms with Gasteiger partial charge in [-0.25, -0.2) is 0 Å². The van der Waals surface area contributed by atoms with Crippen LogP contribution >= 0.6 is 15.9 Å². The number of fused-ring (bicyclic) bond motifs is 1. The summed E-state index contributed by atoms with van der Waals surface area (Å²) in [4.78, 5) is 12.4. The fourth-order valence-corrected chi connectivity index (χ4v) is 2.99. The minimum absolute atomic E-state index is 0.00554. The molecule has 2 aromatic carbocycles. The van der Waals surface area contributed by atoms with Gasteiger partial charge < -0.3 is 4.74 Å². The zero-order chi connectivity index (χ0) is 15.0. The van der Waals surface area contributed by atoms with E-state index < -0.39 is 0 Å². The molecule has 3 rings (SSSR count). The number of hydrogen-bond acceptors (Lipinski definition) is 2. The molecule has 0 saturated carbocycles. The van der Waals surface area contributed by atoms with E-state index in [2.05, 4.69) is 15.9 Å². The third-order valence-electron chi connectivity index (χ3n) is 3.63. The fraction of sp³-hybridized carbons (Fsp3) is 0.188. The SMILES string of the molecule is COc1ccc(Cn2c3cccc(Br)c3c(=O)n2C)cc1. The van der Waals surface area contributed by atoms with E-state index in [1.807, 2.05) is 47.1 Å². The Labute approximate surface area is 130 Å². The van der Waals surface area contributed by atoms with Crippen molar-refractivity contribution in [2.45, 2.75) is 6.54 Å². The Morgan fingerprint density at radius 1 is 1.14 bits per heavy atom. The monoisotopic (exact) mass is 346 g/mol. The molecule has 0 N–H and O–H groups in total. The first-order valence-corrected chi connectivity index (χ1v) is 7.38. The highest BCUT2D eigenvalue weighted by Crippen LogP contribution is 2.22. The molecule has 108 valence electrons. The van der Waals surface area contributed by atoms with Gasteiger partial charge in [0.25, 0.3) is 5.56 Å². The number of aromatic nitrogens is 2. The van der Waals surface area contributed by atoms with Crippen molar-refractivity contribution in [2.75, 3.05) is 7.11 Å². The summed E-state index contributed by atoms with van der Waals surface area (Å²) >= 11 is 3.46. The summed E-state index contributed by atoms with van der Waals surface area (Å²) in [6.45, 7) is 0.635. The predicted octanol–water partition coefficient (Wildman–Crippen LogP) is 3.16. The highest BCUT2D eigenvalue weighted by Gasteiger charge is 2.13. The molecule has 0 fully saturated rings.